The number of amides is 1. The van der Waals surface area contributed by atoms with Crippen LogP contribution in [0.25, 0.3) is 10.9 Å². The highest BCUT2D eigenvalue weighted by Gasteiger charge is 2.20. The first-order valence-electron chi connectivity index (χ1n) is 7.12. The normalized spacial score (nSPS) is 15.8. The lowest BCUT2D eigenvalue weighted by Gasteiger charge is -2.22. The van der Waals surface area contributed by atoms with Gasteiger partial charge in [-0.05, 0) is 37.3 Å². The van der Waals surface area contributed by atoms with Gasteiger partial charge in [-0.3, -0.25) is 4.79 Å². The first kappa shape index (κ1) is 15.6. The number of halogens is 1. The number of nitrogens with one attached hydrogen (secondary N) is 1. The summed E-state index contributed by atoms with van der Waals surface area (Å²) in [5.41, 5.74) is 2.03. The van der Waals surface area contributed by atoms with E-state index in [-0.39, 0.29) is 5.91 Å². The fourth-order valence-corrected chi connectivity index (χ4v) is 3.27. The number of hydrogen-bond donors (Lipinski definition) is 1. The Labute approximate surface area is 142 Å². The van der Waals surface area contributed by atoms with Crippen molar-refractivity contribution in [3.05, 3.63) is 22.2 Å². The molecular formula is C15H17BrN4OS. The third-order valence-corrected chi connectivity index (χ3v) is 5.17. The van der Waals surface area contributed by atoms with Crippen molar-refractivity contribution in [2.24, 2.45) is 0 Å². The zero-order chi connectivity index (χ0) is 15.7. The molecule has 1 aromatic heterocycles. The highest BCUT2D eigenvalue weighted by Crippen LogP contribution is 2.32. The molecule has 22 heavy (non-hydrogen) atoms. The lowest BCUT2D eigenvalue weighted by molar-refractivity contribution is -0.119. The van der Waals surface area contributed by atoms with Crippen LogP contribution in [-0.4, -0.2) is 41.8 Å². The van der Waals surface area contributed by atoms with Crippen LogP contribution >= 0.6 is 27.7 Å². The van der Waals surface area contributed by atoms with Gasteiger partial charge in [-0.2, -0.15) is 0 Å². The lowest BCUT2D eigenvalue weighted by Crippen LogP contribution is -2.33. The van der Waals surface area contributed by atoms with E-state index in [1.54, 1.807) is 0 Å². The Morgan fingerprint density at radius 1 is 1.36 bits per heavy atom. The molecule has 1 aromatic carbocycles. The Hall–Kier alpha value is -1.34. The summed E-state index contributed by atoms with van der Waals surface area (Å²) in [6.45, 7) is 3.92. The maximum absolute atomic E-state index is 11.9. The number of aryl methyl sites for hydroxylation is 1. The van der Waals surface area contributed by atoms with Crippen molar-refractivity contribution in [2.75, 3.05) is 30.8 Å². The maximum Gasteiger partial charge on any atom is 0.239 e. The summed E-state index contributed by atoms with van der Waals surface area (Å²) in [7, 11) is 0. The van der Waals surface area contributed by atoms with Crippen molar-refractivity contribution in [3.8, 4) is 0 Å². The Bertz CT molecular complexity index is 737. The Kier molecular flexibility index (Phi) is 4.54. The van der Waals surface area contributed by atoms with Crippen molar-refractivity contribution in [1.29, 1.82) is 0 Å². The van der Waals surface area contributed by atoms with Crippen LogP contribution in [0.15, 0.2) is 21.8 Å². The van der Waals surface area contributed by atoms with E-state index in [0.29, 0.717) is 6.54 Å². The molecule has 2 heterocycles. The predicted octanol–water partition coefficient (Wildman–Crippen LogP) is 2.75. The van der Waals surface area contributed by atoms with Gasteiger partial charge in [-0.25, -0.2) is 9.97 Å². The summed E-state index contributed by atoms with van der Waals surface area (Å²) in [6, 6.07) is 4.04. The second-order valence-corrected chi connectivity index (χ2v) is 6.86. The number of aromatic nitrogens is 2. The lowest BCUT2D eigenvalue weighted by atomic mass is 10.1. The van der Waals surface area contributed by atoms with Gasteiger partial charge in [-0.1, -0.05) is 27.7 Å². The summed E-state index contributed by atoms with van der Waals surface area (Å²) in [6.07, 6.45) is 2.88. The molecule has 0 aliphatic carbocycles. The van der Waals surface area contributed by atoms with Crippen molar-refractivity contribution in [3.63, 3.8) is 0 Å². The number of anilines is 1. The minimum atomic E-state index is 0.0452. The second kappa shape index (κ2) is 6.42. The monoisotopic (exact) mass is 380 g/mol. The van der Waals surface area contributed by atoms with E-state index in [1.807, 2.05) is 25.3 Å². The fourth-order valence-electron chi connectivity index (χ4n) is 2.59. The molecule has 0 unspecified atom stereocenters. The molecule has 0 saturated carbocycles. The first-order chi connectivity index (χ1) is 10.6. The molecule has 3 rings (SSSR count). The Morgan fingerprint density at radius 2 is 2.18 bits per heavy atom. The summed E-state index contributed by atoms with van der Waals surface area (Å²) < 4.78 is 1.03. The zero-order valence-electron chi connectivity index (χ0n) is 12.5. The van der Waals surface area contributed by atoms with Crippen LogP contribution in [-0.2, 0) is 4.79 Å². The average molecular weight is 381 g/mol. The van der Waals surface area contributed by atoms with Gasteiger partial charge in [0.15, 0.2) is 5.16 Å². The molecule has 0 bridgehead atoms. The molecule has 2 aromatic rings. The number of thioether (sulfide) groups is 1. The highest BCUT2D eigenvalue weighted by atomic mass is 79.9. The van der Waals surface area contributed by atoms with Crippen LogP contribution in [0.2, 0.25) is 0 Å². The van der Waals surface area contributed by atoms with E-state index in [9.17, 15) is 4.79 Å². The summed E-state index contributed by atoms with van der Waals surface area (Å²) in [5, 5.41) is 4.63. The Morgan fingerprint density at radius 3 is 2.95 bits per heavy atom. The number of hydrogen-bond acceptors (Lipinski definition) is 5. The van der Waals surface area contributed by atoms with Crippen molar-refractivity contribution < 1.29 is 4.79 Å². The molecule has 7 heteroatoms. The first-order valence-corrected chi connectivity index (χ1v) is 9.14. The molecule has 116 valence electrons. The smallest absolute Gasteiger partial charge is 0.239 e. The van der Waals surface area contributed by atoms with Crippen molar-refractivity contribution in [1.82, 2.24) is 15.3 Å². The summed E-state index contributed by atoms with van der Waals surface area (Å²) >= 11 is 5.08. The van der Waals surface area contributed by atoms with Crippen LogP contribution in [0.4, 0.5) is 5.82 Å². The van der Waals surface area contributed by atoms with E-state index < -0.39 is 0 Å². The molecule has 1 amide bonds. The van der Waals surface area contributed by atoms with E-state index in [0.717, 1.165) is 51.4 Å². The SMILES string of the molecule is CSc1nc(N2CCCNC(=O)C2)c2ccc(Br)c(C)c2n1. The van der Waals surface area contributed by atoms with Crippen LogP contribution in [0.5, 0.6) is 0 Å². The third-order valence-electron chi connectivity index (χ3n) is 3.76. The van der Waals surface area contributed by atoms with Crippen LogP contribution < -0.4 is 10.2 Å². The van der Waals surface area contributed by atoms with E-state index in [1.165, 1.54) is 11.8 Å². The maximum atomic E-state index is 11.9. The number of carbonyl (C=O) groups excluding carboxylic acids is 1. The molecule has 0 atom stereocenters. The molecule has 1 N–H and O–H groups in total. The molecule has 5 nitrogen and oxygen atoms in total. The quantitative estimate of drug-likeness (QED) is 0.641. The van der Waals surface area contributed by atoms with Gasteiger partial charge in [0, 0.05) is 22.9 Å². The molecule has 0 spiro atoms. The molecule has 1 aliphatic rings. The number of nitrogens with zero attached hydrogens (tertiary/aromatic N) is 3. The zero-order valence-corrected chi connectivity index (χ0v) is 14.9. The summed E-state index contributed by atoms with van der Waals surface area (Å²) in [5.74, 6) is 0.894. The molecular weight excluding hydrogens is 364 g/mol. The number of carbonyl (C=O) groups is 1. The fraction of sp³-hybridized carbons (Fsp3) is 0.400. The van der Waals surface area contributed by atoms with E-state index in [2.05, 4.69) is 36.1 Å². The van der Waals surface area contributed by atoms with Gasteiger partial charge >= 0.3 is 0 Å². The van der Waals surface area contributed by atoms with E-state index >= 15 is 0 Å². The molecule has 1 aliphatic heterocycles. The molecule has 1 saturated heterocycles. The van der Waals surface area contributed by atoms with Crippen LogP contribution in [0.1, 0.15) is 12.0 Å². The van der Waals surface area contributed by atoms with Gasteiger partial charge in [0.25, 0.3) is 0 Å². The predicted molar refractivity (Wildman–Crippen MR) is 93.6 cm³/mol. The minimum absolute atomic E-state index is 0.0452. The number of benzene rings is 1. The van der Waals surface area contributed by atoms with Gasteiger partial charge in [0.05, 0.1) is 12.1 Å². The van der Waals surface area contributed by atoms with Gasteiger partial charge in [-0.15, -0.1) is 0 Å². The highest BCUT2D eigenvalue weighted by molar-refractivity contribution is 9.10. The minimum Gasteiger partial charge on any atom is -0.354 e. The molecule has 0 radical (unpaired) electrons. The van der Waals surface area contributed by atoms with Crippen molar-refractivity contribution in [2.45, 2.75) is 18.5 Å². The standard InChI is InChI=1S/C15H17BrN4OS/c1-9-11(16)5-4-10-13(9)18-15(22-2)19-14(10)20-7-3-6-17-12(21)8-20/h4-5H,3,6-8H2,1-2H3,(H,17,21). The van der Waals surface area contributed by atoms with Crippen LogP contribution in [0.3, 0.4) is 0 Å². The van der Waals surface area contributed by atoms with Gasteiger partial charge < -0.3 is 10.2 Å². The van der Waals surface area contributed by atoms with Gasteiger partial charge in [0.1, 0.15) is 5.82 Å². The second-order valence-electron chi connectivity index (χ2n) is 5.23. The number of fused-ring (bicyclic) bond motifs is 1. The average Bonchev–Trinajstić information content (AvgIpc) is 2.74. The topological polar surface area (TPSA) is 58.1 Å². The third kappa shape index (κ3) is 2.92. The largest absolute Gasteiger partial charge is 0.354 e. The molecule has 1 fully saturated rings. The van der Waals surface area contributed by atoms with Crippen molar-refractivity contribution >= 4 is 50.3 Å². The van der Waals surface area contributed by atoms with E-state index in [4.69, 9.17) is 0 Å². The van der Waals surface area contributed by atoms with Gasteiger partial charge in [0.2, 0.25) is 5.91 Å². The van der Waals surface area contributed by atoms with Crippen LogP contribution in [0, 0.1) is 6.92 Å². The Balaban J connectivity index is 2.18. The summed E-state index contributed by atoms with van der Waals surface area (Å²) in [4.78, 5) is 23.2. The number of rotatable bonds is 2.